The summed E-state index contributed by atoms with van der Waals surface area (Å²) in [6.07, 6.45) is 3.42. The SMILES string of the molecule is C=CCN(Cc1nnc(-c2ccco2)o1)Cc1ccc(Cl)s1. The fourth-order valence-electron chi connectivity index (χ4n) is 2.03. The molecule has 0 atom stereocenters. The maximum atomic E-state index is 5.97. The van der Waals surface area contributed by atoms with E-state index in [1.165, 1.54) is 4.88 Å². The van der Waals surface area contributed by atoms with Gasteiger partial charge in [-0.15, -0.1) is 28.1 Å². The minimum Gasteiger partial charge on any atom is -0.459 e. The Morgan fingerprint density at radius 2 is 2.18 bits per heavy atom. The molecule has 7 heteroatoms. The third kappa shape index (κ3) is 3.65. The lowest BCUT2D eigenvalue weighted by molar-refractivity contribution is 0.257. The summed E-state index contributed by atoms with van der Waals surface area (Å²) in [7, 11) is 0. The van der Waals surface area contributed by atoms with Crippen LogP contribution < -0.4 is 0 Å². The van der Waals surface area contributed by atoms with E-state index in [1.807, 2.05) is 18.2 Å². The van der Waals surface area contributed by atoms with E-state index in [9.17, 15) is 0 Å². The van der Waals surface area contributed by atoms with Crippen LogP contribution in [0.1, 0.15) is 10.8 Å². The predicted octanol–water partition coefficient (Wildman–Crippen LogP) is 4.23. The van der Waals surface area contributed by atoms with Crippen molar-refractivity contribution in [2.75, 3.05) is 6.54 Å². The Morgan fingerprint density at radius 3 is 2.86 bits per heavy atom. The standard InChI is InChI=1S/C15H14ClN3O2S/c1-2-7-19(9-11-5-6-13(16)22-11)10-14-17-18-15(21-14)12-4-3-8-20-12/h2-6,8H,1,7,9-10H2. The van der Waals surface area contributed by atoms with Crippen LogP contribution in [0.5, 0.6) is 0 Å². The van der Waals surface area contributed by atoms with Crippen molar-refractivity contribution in [1.82, 2.24) is 15.1 Å². The van der Waals surface area contributed by atoms with Crippen LogP contribution in [-0.2, 0) is 13.1 Å². The van der Waals surface area contributed by atoms with Gasteiger partial charge in [-0.1, -0.05) is 17.7 Å². The molecule has 0 aliphatic rings. The molecule has 0 saturated heterocycles. The average Bonchev–Trinajstić information content (AvgIpc) is 3.20. The van der Waals surface area contributed by atoms with Crippen molar-refractivity contribution < 1.29 is 8.83 Å². The van der Waals surface area contributed by atoms with E-state index in [1.54, 1.807) is 29.7 Å². The van der Waals surface area contributed by atoms with Crippen LogP contribution >= 0.6 is 22.9 Å². The number of aromatic nitrogens is 2. The van der Waals surface area contributed by atoms with E-state index in [0.29, 0.717) is 30.6 Å². The van der Waals surface area contributed by atoms with Gasteiger partial charge in [0, 0.05) is 18.0 Å². The van der Waals surface area contributed by atoms with E-state index in [4.69, 9.17) is 20.4 Å². The molecule has 0 spiro atoms. The summed E-state index contributed by atoms with van der Waals surface area (Å²) < 4.78 is 11.7. The normalized spacial score (nSPS) is 11.2. The van der Waals surface area contributed by atoms with Gasteiger partial charge in [0.05, 0.1) is 17.1 Å². The topological polar surface area (TPSA) is 55.3 Å². The Balaban J connectivity index is 1.69. The van der Waals surface area contributed by atoms with Gasteiger partial charge in [0.15, 0.2) is 5.76 Å². The van der Waals surface area contributed by atoms with Crippen LogP contribution in [-0.4, -0.2) is 21.6 Å². The molecule has 5 nitrogen and oxygen atoms in total. The van der Waals surface area contributed by atoms with Crippen molar-refractivity contribution in [3.63, 3.8) is 0 Å². The van der Waals surface area contributed by atoms with Gasteiger partial charge in [-0.3, -0.25) is 4.90 Å². The number of hydrogen-bond acceptors (Lipinski definition) is 6. The van der Waals surface area contributed by atoms with Crippen LogP contribution in [0.15, 0.2) is 52.0 Å². The molecule has 0 bridgehead atoms. The van der Waals surface area contributed by atoms with Gasteiger partial charge in [0.1, 0.15) is 0 Å². The molecule has 3 aromatic rings. The summed E-state index contributed by atoms with van der Waals surface area (Å²) in [6.45, 7) is 5.79. The molecule has 0 radical (unpaired) electrons. The first-order valence-electron chi connectivity index (χ1n) is 6.68. The smallest absolute Gasteiger partial charge is 0.283 e. The van der Waals surface area contributed by atoms with Crippen LogP contribution in [0.25, 0.3) is 11.7 Å². The summed E-state index contributed by atoms with van der Waals surface area (Å²) in [5.74, 6) is 1.49. The molecule has 22 heavy (non-hydrogen) atoms. The summed E-state index contributed by atoms with van der Waals surface area (Å²) in [6, 6.07) is 7.48. The van der Waals surface area contributed by atoms with E-state index in [0.717, 1.165) is 10.9 Å². The minimum absolute atomic E-state index is 0.387. The highest BCUT2D eigenvalue weighted by Gasteiger charge is 2.14. The largest absolute Gasteiger partial charge is 0.459 e. The number of halogens is 1. The Labute approximate surface area is 136 Å². The quantitative estimate of drug-likeness (QED) is 0.605. The molecule has 0 fully saturated rings. The Bertz CT molecular complexity index is 736. The predicted molar refractivity (Wildman–Crippen MR) is 85.6 cm³/mol. The van der Waals surface area contributed by atoms with E-state index in [2.05, 4.69) is 21.7 Å². The van der Waals surface area contributed by atoms with Gasteiger partial charge in [0.25, 0.3) is 5.89 Å². The van der Waals surface area contributed by atoms with Crippen molar-refractivity contribution in [2.45, 2.75) is 13.1 Å². The van der Waals surface area contributed by atoms with Crippen LogP contribution in [0.4, 0.5) is 0 Å². The zero-order valence-corrected chi connectivity index (χ0v) is 13.3. The summed E-state index contributed by atoms with van der Waals surface area (Å²) >= 11 is 7.53. The molecule has 3 aromatic heterocycles. The molecule has 0 aromatic carbocycles. The lowest BCUT2D eigenvalue weighted by Gasteiger charge is -2.17. The number of nitrogens with zero attached hydrogens (tertiary/aromatic N) is 3. The van der Waals surface area contributed by atoms with Crippen molar-refractivity contribution in [3.8, 4) is 11.7 Å². The molecule has 3 rings (SSSR count). The monoisotopic (exact) mass is 335 g/mol. The van der Waals surface area contributed by atoms with Gasteiger partial charge >= 0.3 is 0 Å². The number of rotatable bonds is 7. The van der Waals surface area contributed by atoms with Gasteiger partial charge in [-0.2, -0.15) is 0 Å². The van der Waals surface area contributed by atoms with Crippen LogP contribution in [0.3, 0.4) is 0 Å². The second kappa shape index (κ2) is 6.91. The zero-order valence-electron chi connectivity index (χ0n) is 11.7. The number of thiophene rings is 1. The summed E-state index contributed by atoms with van der Waals surface area (Å²) in [4.78, 5) is 3.33. The highest BCUT2D eigenvalue weighted by molar-refractivity contribution is 7.16. The second-order valence-corrected chi connectivity index (χ2v) is 6.44. The highest BCUT2D eigenvalue weighted by atomic mass is 35.5. The maximum absolute atomic E-state index is 5.97. The number of furan rings is 1. The molecular weight excluding hydrogens is 322 g/mol. The summed E-state index contributed by atoms with van der Waals surface area (Å²) in [5.41, 5.74) is 0. The fourth-order valence-corrected chi connectivity index (χ4v) is 3.16. The van der Waals surface area contributed by atoms with Gasteiger partial charge in [-0.05, 0) is 24.3 Å². The minimum atomic E-state index is 0.387. The maximum Gasteiger partial charge on any atom is 0.283 e. The van der Waals surface area contributed by atoms with E-state index >= 15 is 0 Å². The molecule has 114 valence electrons. The molecule has 0 amide bonds. The third-order valence-corrected chi connectivity index (χ3v) is 4.17. The first-order valence-corrected chi connectivity index (χ1v) is 7.88. The lowest BCUT2D eigenvalue weighted by Crippen LogP contribution is -2.22. The second-order valence-electron chi connectivity index (χ2n) is 4.64. The van der Waals surface area contributed by atoms with Crippen molar-refractivity contribution >= 4 is 22.9 Å². The molecule has 0 saturated carbocycles. The lowest BCUT2D eigenvalue weighted by atomic mass is 10.4. The fraction of sp³-hybridized carbons (Fsp3) is 0.200. The molecule has 0 aliphatic carbocycles. The number of hydrogen-bond donors (Lipinski definition) is 0. The molecule has 0 unspecified atom stereocenters. The Morgan fingerprint density at radius 1 is 1.27 bits per heavy atom. The van der Waals surface area contributed by atoms with Crippen molar-refractivity contribution in [3.05, 3.63) is 58.3 Å². The third-order valence-electron chi connectivity index (χ3n) is 2.95. The highest BCUT2D eigenvalue weighted by Crippen LogP contribution is 2.24. The van der Waals surface area contributed by atoms with Gasteiger partial charge in [-0.25, -0.2) is 0 Å². The van der Waals surface area contributed by atoms with Crippen LogP contribution in [0.2, 0.25) is 4.34 Å². The first kappa shape index (κ1) is 15.0. The molecule has 0 N–H and O–H groups in total. The first-order chi connectivity index (χ1) is 10.7. The van der Waals surface area contributed by atoms with Crippen molar-refractivity contribution in [2.24, 2.45) is 0 Å². The molecule has 3 heterocycles. The molecule has 0 aliphatic heterocycles. The van der Waals surface area contributed by atoms with Gasteiger partial charge < -0.3 is 8.83 Å². The van der Waals surface area contributed by atoms with E-state index < -0.39 is 0 Å². The Hall–Kier alpha value is -1.89. The van der Waals surface area contributed by atoms with Gasteiger partial charge in [0.2, 0.25) is 5.89 Å². The van der Waals surface area contributed by atoms with Crippen molar-refractivity contribution in [1.29, 1.82) is 0 Å². The van der Waals surface area contributed by atoms with E-state index in [-0.39, 0.29) is 0 Å². The van der Waals surface area contributed by atoms with Crippen LogP contribution in [0, 0.1) is 0 Å². The molecular formula is C15H14ClN3O2S. The summed E-state index contributed by atoms with van der Waals surface area (Å²) in [5, 5.41) is 8.07. The Kier molecular flexibility index (Phi) is 4.72. The zero-order chi connectivity index (χ0) is 15.4. The average molecular weight is 336 g/mol.